The maximum Gasteiger partial charge on any atom is 0.123 e. The first-order valence-electron chi connectivity index (χ1n) is 7.35. The van der Waals surface area contributed by atoms with Crippen LogP contribution in [0.5, 0.6) is 5.75 Å². The number of para-hydroxylation sites is 1. The largest absolute Gasteiger partial charge is 0.493 e. The summed E-state index contributed by atoms with van der Waals surface area (Å²) in [7, 11) is 0. The summed E-state index contributed by atoms with van der Waals surface area (Å²) in [6, 6.07) is 18.7. The van der Waals surface area contributed by atoms with Crippen LogP contribution in [0.2, 0.25) is 0 Å². The summed E-state index contributed by atoms with van der Waals surface area (Å²) in [4.78, 5) is 0. The van der Waals surface area contributed by atoms with Crippen LogP contribution in [-0.4, -0.2) is 6.61 Å². The van der Waals surface area contributed by atoms with E-state index >= 15 is 0 Å². The third kappa shape index (κ3) is 4.71. The maximum atomic E-state index is 5.84. The van der Waals surface area contributed by atoms with E-state index in [4.69, 9.17) is 4.74 Å². The van der Waals surface area contributed by atoms with Crippen molar-refractivity contribution in [3.63, 3.8) is 0 Å². The summed E-state index contributed by atoms with van der Waals surface area (Å²) in [5, 5.41) is 3.47. The van der Waals surface area contributed by atoms with Gasteiger partial charge in [0.2, 0.25) is 0 Å². The fourth-order valence-corrected chi connectivity index (χ4v) is 2.05. The van der Waals surface area contributed by atoms with Gasteiger partial charge in [0.1, 0.15) is 5.75 Å². The average molecular weight is 269 g/mol. The number of benzene rings is 2. The lowest BCUT2D eigenvalue weighted by Crippen LogP contribution is -2.13. The highest BCUT2D eigenvalue weighted by molar-refractivity contribution is 5.33. The Morgan fingerprint density at radius 1 is 0.900 bits per heavy atom. The Morgan fingerprint density at radius 3 is 2.45 bits per heavy atom. The second kappa shape index (κ2) is 8.39. The van der Waals surface area contributed by atoms with Crippen LogP contribution >= 0.6 is 0 Å². The molecule has 0 aliphatic rings. The van der Waals surface area contributed by atoms with Crippen molar-refractivity contribution in [2.45, 2.75) is 32.9 Å². The molecule has 0 unspecified atom stereocenters. The van der Waals surface area contributed by atoms with Gasteiger partial charge in [-0.05, 0) is 18.1 Å². The minimum absolute atomic E-state index is 0.798. The van der Waals surface area contributed by atoms with Crippen molar-refractivity contribution >= 4 is 0 Å². The van der Waals surface area contributed by atoms with Crippen LogP contribution in [-0.2, 0) is 13.1 Å². The summed E-state index contributed by atoms with van der Waals surface area (Å²) < 4.78 is 5.84. The highest BCUT2D eigenvalue weighted by Gasteiger charge is 2.02. The zero-order valence-electron chi connectivity index (χ0n) is 12.1. The van der Waals surface area contributed by atoms with Gasteiger partial charge in [-0.2, -0.15) is 0 Å². The van der Waals surface area contributed by atoms with Gasteiger partial charge in [0.15, 0.2) is 0 Å². The van der Waals surface area contributed by atoms with E-state index in [1.807, 2.05) is 12.1 Å². The molecule has 0 fully saturated rings. The van der Waals surface area contributed by atoms with Gasteiger partial charge in [-0.1, -0.05) is 61.9 Å². The molecule has 2 aromatic carbocycles. The monoisotopic (exact) mass is 269 g/mol. The molecule has 0 heterocycles. The smallest absolute Gasteiger partial charge is 0.123 e. The maximum absolute atomic E-state index is 5.84. The van der Waals surface area contributed by atoms with Crippen LogP contribution in [0, 0.1) is 0 Å². The number of hydrogen-bond acceptors (Lipinski definition) is 2. The molecule has 0 aromatic heterocycles. The van der Waals surface area contributed by atoms with Crippen LogP contribution in [0.25, 0.3) is 0 Å². The molecule has 0 saturated carbocycles. The highest BCUT2D eigenvalue weighted by atomic mass is 16.5. The van der Waals surface area contributed by atoms with E-state index < -0.39 is 0 Å². The van der Waals surface area contributed by atoms with Crippen molar-refractivity contribution in [3.05, 3.63) is 65.7 Å². The van der Waals surface area contributed by atoms with E-state index in [2.05, 4.69) is 54.7 Å². The molecule has 0 radical (unpaired) electrons. The standard InChI is InChI=1S/C18H23NO/c1-2-3-13-20-18-12-8-7-11-17(18)15-19-14-16-9-5-4-6-10-16/h4-12,19H,2-3,13-15H2,1H3. The van der Waals surface area contributed by atoms with Gasteiger partial charge in [0.05, 0.1) is 6.61 Å². The van der Waals surface area contributed by atoms with Gasteiger partial charge in [0.25, 0.3) is 0 Å². The molecule has 0 amide bonds. The van der Waals surface area contributed by atoms with Gasteiger partial charge in [0, 0.05) is 18.7 Å². The number of hydrogen-bond donors (Lipinski definition) is 1. The van der Waals surface area contributed by atoms with Crippen molar-refractivity contribution in [1.29, 1.82) is 0 Å². The van der Waals surface area contributed by atoms with Crippen LogP contribution in [0.3, 0.4) is 0 Å². The number of unbranched alkanes of at least 4 members (excludes halogenated alkanes) is 1. The van der Waals surface area contributed by atoms with Crippen LogP contribution < -0.4 is 10.1 Å². The Morgan fingerprint density at radius 2 is 1.65 bits per heavy atom. The zero-order valence-corrected chi connectivity index (χ0v) is 12.1. The Kier molecular flexibility index (Phi) is 6.12. The normalized spacial score (nSPS) is 10.4. The lowest BCUT2D eigenvalue weighted by Gasteiger charge is -2.12. The Hall–Kier alpha value is -1.80. The molecular weight excluding hydrogens is 246 g/mol. The fourth-order valence-electron chi connectivity index (χ4n) is 2.05. The Balaban J connectivity index is 1.85. The third-order valence-corrected chi connectivity index (χ3v) is 3.22. The molecule has 20 heavy (non-hydrogen) atoms. The molecule has 0 bridgehead atoms. The molecule has 0 atom stereocenters. The number of nitrogens with one attached hydrogen (secondary N) is 1. The zero-order chi connectivity index (χ0) is 14.0. The molecule has 0 spiro atoms. The van der Waals surface area contributed by atoms with E-state index in [1.165, 1.54) is 11.1 Å². The molecule has 0 aliphatic carbocycles. The lowest BCUT2D eigenvalue weighted by molar-refractivity contribution is 0.305. The van der Waals surface area contributed by atoms with Gasteiger partial charge < -0.3 is 10.1 Å². The summed E-state index contributed by atoms with van der Waals surface area (Å²) in [6.07, 6.45) is 2.26. The Labute approximate surface area is 121 Å². The minimum Gasteiger partial charge on any atom is -0.493 e. The minimum atomic E-state index is 0.798. The van der Waals surface area contributed by atoms with Crippen molar-refractivity contribution in [1.82, 2.24) is 5.32 Å². The summed E-state index contributed by atoms with van der Waals surface area (Å²) >= 11 is 0. The molecule has 106 valence electrons. The first kappa shape index (κ1) is 14.6. The fraction of sp³-hybridized carbons (Fsp3) is 0.333. The van der Waals surface area contributed by atoms with Crippen LogP contribution in [0.15, 0.2) is 54.6 Å². The SMILES string of the molecule is CCCCOc1ccccc1CNCc1ccccc1. The highest BCUT2D eigenvalue weighted by Crippen LogP contribution is 2.18. The second-order valence-corrected chi connectivity index (χ2v) is 4.90. The summed E-state index contributed by atoms with van der Waals surface area (Å²) in [6.45, 7) is 4.68. The van der Waals surface area contributed by atoms with Gasteiger partial charge in [-0.25, -0.2) is 0 Å². The first-order valence-corrected chi connectivity index (χ1v) is 7.35. The second-order valence-electron chi connectivity index (χ2n) is 4.90. The van der Waals surface area contributed by atoms with Crippen LogP contribution in [0.4, 0.5) is 0 Å². The van der Waals surface area contributed by atoms with Gasteiger partial charge >= 0.3 is 0 Å². The molecule has 1 N–H and O–H groups in total. The van der Waals surface area contributed by atoms with Crippen molar-refractivity contribution in [2.24, 2.45) is 0 Å². The molecule has 2 rings (SSSR count). The number of ether oxygens (including phenoxy) is 1. The van der Waals surface area contributed by atoms with Crippen molar-refractivity contribution in [3.8, 4) is 5.75 Å². The van der Waals surface area contributed by atoms with Gasteiger partial charge in [-0.15, -0.1) is 0 Å². The van der Waals surface area contributed by atoms with Crippen molar-refractivity contribution in [2.75, 3.05) is 6.61 Å². The molecule has 2 nitrogen and oxygen atoms in total. The van der Waals surface area contributed by atoms with E-state index in [9.17, 15) is 0 Å². The number of rotatable bonds is 8. The van der Waals surface area contributed by atoms with E-state index in [0.717, 1.165) is 38.3 Å². The molecular formula is C18H23NO. The predicted octanol–water partition coefficient (Wildman–Crippen LogP) is 4.16. The molecule has 0 saturated heterocycles. The van der Waals surface area contributed by atoms with Crippen LogP contribution in [0.1, 0.15) is 30.9 Å². The quantitative estimate of drug-likeness (QED) is 0.727. The summed E-state index contributed by atoms with van der Waals surface area (Å²) in [5.41, 5.74) is 2.52. The lowest BCUT2D eigenvalue weighted by atomic mass is 10.2. The van der Waals surface area contributed by atoms with Gasteiger partial charge in [-0.3, -0.25) is 0 Å². The van der Waals surface area contributed by atoms with E-state index in [0.29, 0.717) is 0 Å². The Bertz CT molecular complexity index is 496. The third-order valence-electron chi connectivity index (χ3n) is 3.22. The first-order chi connectivity index (χ1) is 9.90. The predicted molar refractivity (Wildman–Crippen MR) is 83.8 cm³/mol. The summed E-state index contributed by atoms with van der Waals surface area (Å²) in [5.74, 6) is 1.00. The topological polar surface area (TPSA) is 21.3 Å². The molecule has 2 heteroatoms. The average Bonchev–Trinajstić information content (AvgIpc) is 2.50. The molecule has 2 aromatic rings. The van der Waals surface area contributed by atoms with E-state index in [1.54, 1.807) is 0 Å². The molecule has 0 aliphatic heterocycles. The van der Waals surface area contributed by atoms with E-state index in [-0.39, 0.29) is 0 Å². The van der Waals surface area contributed by atoms with Crippen molar-refractivity contribution < 1.29 is 4.74 Å².